The molecular weight excluding hydrogens is 262 g/mol. The Bertz CT molecular complexity index is 528. The number of esters is 1. The van der Waals surface area contributed by atoms with Crippen molar-refractivity contribution in [3.05, 3.63) is 18.2 Å². The first-order valence-electron chi connectivity index (χ1n) is 6.21. The lowest BCUT2D eigenvalue weighted by atomic mass is 10.1. The van der Waals surface area contributed by atoms with E-state index in [4.69, 9.17) is 14.2 Å². The Labute approximate surface area is 117 Å². The van der Waals surface area contributed by atoms with Crippen LogP contribution in [-0.2, 0) is 14.3 Å². The minimum Gasteiger partial charge on any atom is -0.497 e. The highest BCUT2D eigenvalue weighted by molar-refractivity contribution is 6.00. The molecule has 1 unspecified atom stereocenters. The summed E-state index contributed by atoms with van der Waals surface area (Å²) in [6, 6.07) is 5.20. The summed E-state index contributed by atoms with van der Waals surface area (Å²) in [5, 5.41) is 0. The predicted octanol–water partition coefficient (Wildman–Crippen LogP) is 1.23. The van der Waals surface area contributed by atoms with Gasteiger partial charge in [-0.2, -0.15) is 0 Å². The second-order valence-corrected chi connectivity index (χ2v) is 4.47. The second-order valence-electron chi connectivity index (χ2n) is 4.47. The molecule has 1 aromatic rings. The van der Waals surface area contributed by atoms with Gasteiger partial charge in [0.05, 0.1) is 32.9 Å². The first-order chi connectivity index (χ1) is 9.60. The van der Waals surface area contributed by atoms with Crippen LogP contribution in [0.2, 0.25) is 0 Å². The zero-order valence-electron chi connectivity index (χ0n) is 11.7. The van der Waals surface area contributed by atoms with Gasteiger partial charge >= 0.3 is 5.97 Å². The standard InChI is InChI=1S/C14H17NO5/c1-18-10-4-5-12(19-2)11(7-10)15-8-9(6-13(15)16)14(17)20-3/h4-5,7,9H,6,8H2,1-3H3. The number of amides is 1. The maximum Gasteiger partial charge on any atom is 0.311 e. The fourth-order valence-electron chi connectivity index (χ4n) is 2.27. The van der Waals surface area contributed by atoms with Crippen LogP contribution in [0.15, 0.2) is 18.2 Å². The highest BCUT2D eigenvalue weighted by atomic mass is 16.5. The van der Waals surface area contributed by atoms with Crippen molar-refractivity contribution in [2.24, 2.45) is 5.92 Å². The largest absolute Gasteiger partial charge is 0.497 e. The fourth-order valence-corrected chi connectivity index (χ4v) is 2.27. The van der Waals surface area contributed by atoms with Crippen molar-refractivity contribution in [3.8, 4) is 11.5 Å². The molecule has 2 rings (SSSR count). The van der Waals surface area contributed by atoms with Gasteiger partial charge in [0.2, 0.25) is 5.91 Å². The molecule has 20 heavy (non-hydrogen) atoms. The maximum absolute atomic E-state index is 12.1. The molecule has 1 aromatic carbocycles. The van der Waals surface area contributed by atoms with E-state index >= 15 is 0 Å². The Balaban J connectivity index is 2.31. The first-order valence-corrected chi connectivity index (χ1v) is 6.21. The van der Waals surface area contributed by atoms with Crippen molar-refractivity contribution < 1.29 is 23.8 Å². The number of nitrogens with zero attached hydrogens (tertiary/aromatic N) is 1. The third-order valence-electron chi connectivity index (χ3n) is 3.34. The van der Waals surface area contributed by atoms with Gasteiger partial charge < -0.3 is 19.1 Å². The molecule has 0 aliphatic carbocycles. The average Bonchev–Trinajstić information content (AvgIpc) is 2.87. The van der Waals surface area contributed by atoms with Crippen molar-refractivity contribution in [1.82, 2.24) is 0 Å². The van der Waals surface area contributed by atoms with Crippen molar-refractivity contribution in [3.63, 3.8) is 0 Å². The predicted molar refractivity (Wildman–Crippen MR) is 72.0 cm³/mol. The molecule has 6 nitrogen and oxygen atoms in total. The SMILES string of the molecule is COC(=O)C1CC(=O)N(c2cc(OC)ccc2OC)C1. The van der Waals surface area contributed by atoms with Crippen LogP contribution in [0, 0.1) is 5.92 Å². The fraction of sp³-hybridized carbons (Fsp3) is 0.429. The smallest absolute Gasteiger partial charge is 0.311 e. The summed E-state index contributed by atoms with van der Waals surface area (Å²) in [7, 11) is 4.40. The third-order valence-corrected chi connectivity index (χ3v) is 3.34. The molecule has 1 atom stereocenters. The molecule has 0 radical (unpaired) electrons. The molecule has 0 saturated carbocycles. The van der Waals surface area contributed by atoms with E-state index in [9.17, 15) is 9.59 Å². The van der Waals surface area contributed by atoms with E-state index in [1.54, 1.807) is 25.3 Å². The van der Waals surface area contributed by atoms with Crippen molar-refractivity contribution in [2.75, 3.05) is 32.8 Å². The molecule has 1 aliphatic rings. The molecule has 108 valence electrons. The van der Waals surface area contributed by atoms with Crippen molar-refractivity contribution in [2.45, 2.75) is 6.42 Å². The molecule has 1 fully saturated rings. The van der Waals surface area contributed by atoms with Crippen LogP contribution >= 0.6 is 0 Å². The van der Waals surface area contributed by atoms with E-state index in [0.717, 1.165) is 0 Å². The molecule has 1 aliphatic heterocycles. The Morgan fingerprint density at radius 3 is 2.60 bits per heavy atom. The monoisotopic (exact) mass is 279 g/mol. The summed E-state index contributed by atoms with van der Waals surface area (Å²) in [4.78, 5) is 25.2. The number of carbonyl (C=O) groups is 2. The van der Waals surface area contributed by atoms with Gasteiger partial charge in [0.15, 0.2) is 0 Å². The van der Waals surface area contributed by atoms with Crippen LogP contribution in [0.25, 0.3) is 0 Å². The minimum absolute atomic E-state index is 0.132. The van der Waals surface area contributed by atoms with Crippen molar-refractivity contribution in [1.29, 1.82) is 0 Å². The normalized spacial score (nSPS) is 18.1. The number of hydrogen-bond acceptors (Lipinski definition) is 5. The Morgan fingerprint density at radius 2 is 2.00 bits per heavy atom. The molecule has 1 saturated heterocycles. The van der Waals surface area contributed by atoms with Gasteiger partial charge in [-0.1, -0.05) is 0 Å². The van der Waals surface area contributed by atoms with E-state index in [2.05, 4.69) is 0 Å². The Kier molecular flexibility index (Phi) is 4.12. The summed E-state index contributed by atoms with van der Waals surface area (Å²) in [6.07, 6.45) is 0.146. The van der Waals surface area contributed by atoms with Crippen molar-refractivity contribution >= 4 is 17.6 Å². The quantitative estimate of drug-likeness (QED) is 0.776. The number of ether oxygens (including phenoxy) is 3. The minimum atomic E-state index is -0.441. The lowest BCUT2D eigenvalue weighted by molar-refractivity contribution is -0.145. The van der Waals surface area contributed by atoms with Gasteiger partial charge in [0, 0.05) is 19.0 Å². The van der Waals surface area contributed by atoms with Gasteiger partial charge in [0.1, 0.15) is 11.5 Å². The van der Waals surface area contributed by atoms with Crippen LogP contribution in [-0.4, -0.2) is 39.8 Å². The number of carbonyl (C=O) groups excluding carboxylic acids is 2. The van der Waals surface area contributed by atoms with Crippen LogP contribution in [0.1, 0.15) is 6.42 Å². The lowest BCUT2D eigenvalue weighted by Crippen LogP contribution is -2.26. The molecule has 0 aromatic heterocycles. The van der Waals surface area contributed by atoms with Gasteiger partial charge in [0.25, 0.3) is 0 Å². The molecule has 1 amide bonds. The lowest BCUT2D eigenvalue weighted by Gasteiger charge is -2.20. The molecule has 6 heteroatoms. The highest BCUT2D eigenvalue weighted by Crippen LogP contribution is 2.36. The zero-order valence-corrected chi connectivity index (χ0v) is 11.7. The summed E-state index contributed by atoms with van der Waals surface area (Å²) in [5.41, 5.74) is 0.600. The van der Waals surface area contributed by atoms with Crippen LogP contribution in [0.4, 0.5) is 5.69 Å². The highest BCUT2D eigenvalue weighted by Gasteiger charge is 2.37. The summed E-state index contributed by atoms with van der Waals surface area (Å²) in [6.45, 7) is 0.287. The van der Waals surface area contributed by atoms with E-state index in [1.807, 2.05) is 0 Å². The Hall–Kier alpha value is -2.24. The topological polar surface area (TPSA) is 65.1 Å². The summed E-state index contributed by atoms with van der Waals surface area (Å²) < 4.78 is 15.1. The van der Waals surface area contributed by atoms with E-state index in [-0.39, 0.29) is 24.8 Å². The Morgan fingerprint density at radius 1 is 1.25 bits per heavy atom. The second kappa shape index (κ2) is 5.81. The van der Waals surface area contributed by atoms with Crippen LogP contribution in [0.5, 0.6) is 11.5 Å². The van der Waals surface area contributed by atoms with Gasteiger partial charge in [-0.05, 0) is 12.1 Å². The van der Waals surface area contributed by atoms with E-state index in [0.29, 0.717) is 17.2 Å². The number of rotatable bonds is 4. The van der Waals surface area contributed by atoms with E-state index < -0.39 is 5.92 Å². The summed E-state index contributed by atoms with van der Waals surface area (Å²) in [5.74, 6) is 0.234. The zero-order chi connectivity index (χ0) is 14.7. The van der Waals surface area contributed by atoms with E-state index in [1.165, 1.54) is 19.1 Å². The number of benzene rings is 1. The molecule has 1 heterocycles. The van der Waals surface area contributed by atoms with Gasteiger partial charge in [-0.25, -0.2) is 0 Å². The first kappa shape index (κ1) is 14.2. The average molecular weight is 279 g/mol. The molecular formula is C14H17NO5. The van der Waals surface area contributed by atoms with Gasteiger partial charge in [-0.3, -0.25) is 9.59 Å². The number of methoxy groups -OCH3 is 3. The van der Waals surface area contributed by atoms with Crippen LogP contribution in [0.3, 0.4) is 0 Å². The number of hydrogen-bond donors (Lipinski definition) is 0. The molecule has 0 N–H and O–H groups in total. The van der Waals surface area contributed by atoms with Crippen LogP contribution < -0.4 is 14.4 Å². The maximum atomic E-state index is 12.1. The molecule has 0 bridgehead atoms. The number of anilines is 1. The summed E-state index contributed by atoms with van der Waals surface area (Å²) >= 11 is 0. The molecule has 0 spiro atoms. The van der Waals surface area contributed by atoms with Gasteiger partial charge in [-0.15, -0.1) is 0 Å². The third kappa shape index (κ3) is 2.54.